The minimum Gasteiger partial charge on any atom is -0.383 e. The molecule has 0 aliphatic heterocycles. The first-order valence-corrected chi connectivity index (χ1v) is 6.86. The van der Waals surface area contributed by atoms with Gasteiger partial charge >= 0.3 is 0 Å². The zero-order chi connectivity index (χ0) is 14.5. The third kappa shape index (κ3) is 3.11. The zero-order valence-electron chi connectivity index (χ0n) is 12.2. The molecule has 0 aromatic carbocycles. The summed E-state index contributed by atoms with van der Waals surface area (Å²) in [4.78, 5) is 13.1. The highest BCUT2D eigenvalue weighted by Crippen LogP contribution is 2.26. The smallest absolute Gasteiger partial charge is 0.149 e. The summed E-state index contributed by atoms with van der Waals surface area (Å²) < 4.78 is 0. The first kappa shape index (κ1) is 14.4. The highest BCUT2D eigenvalue weighted by atomic mass is 15.0. The zero-order valence-corrected chi connectivity index (χ0v) is 12.2. The van der Waals surface area contributed by atoms with E-state index in [-0.39, 0.29) is 6.04 Å². The van der Waals surface area contributed by atoms with Crippen LogP contribution in [0.5, 0.6) is 0 Å². The minimum atomic E-state index is -0.121. The molecule has 2 heterocycles. The second-order valence-electron chi connectivity index (χ2n) is 4.93. The van der Waals surface area contributed by atoms with Gasteiger partial charge < -0.3 is 11.1 Å². The van der Waals surface area contributed by atoms with E-state index in [1.807, 2.05) is 32.3 Å². The Morgan fingerprint density at radius 1 is 1.20 bits per heavy atom. The van der Waals surface area contributed by atoms with Crippen molar-refractivity contribution in [2.24, 2.45) is 0 Å². The molecule has 0 saturated carbocycles. The van der Waals surface area contributed by atoms with Crippen molar-refractivity contribution in [1.29, 1.82) is 0 Å². The van der Waals surface area contributed by atoms with Crippen LogP contribution in [0.4, 0.5) is 5.82 Å². The van der Waals surface area contributed by atoms with E-state index < -0.39 is 0 Å². The monoisotopic (exact) mass is 271 g/mol. The van der Waals surface area contributed by atoms with E-state index in [4.69, 9.17) is 5.73 Å². The Kier molecular flexibility index (Phi) is 4.63. The van der Waals surface area contributed by atoms with Gasteiger partial charge in [-0.3, -0.25) is 0 Å². The molecule has 1 atom stereocenters. The summed E-state index contributed by atoms with van der Waals surface area (Å²) in [5.74, 6) is 1.26. The van der Waals surface area contributed by atoms with Crippen LogP contribution < -0.4 is 11.1 Å². The molecule has 0 aliphatic rings. The number of pyridine rings is 1. The van der Waals surface area contributed by atoms with E-state index in [1.165, 1.54) is 0 Å². The molecule has 0 spiro atoms. The standard InChI is InChI=1S/C15H21N5/c1-4-6-17-13(15-19-8-10(2)9-20-15)12-11(3)5-7-18-14(12)16/h5,7-9,13,17H,4,6H2,1-3H3,(H2,16,18). The number of hydrogen-bond donors (Lipinski definition) is 2. The molecule has 5 heteroatoms. The average Bonchev–Trinajstić information content (AvgIpc) is 2.43. The van der Waals surface area contributed by atoms with E-state index in [1.54, 1.807) is 6.20 Å². The SMILES string of the molecule is CCCNC(c1ncc(C)cn1)c1c(C)ccnc1N. The van der Waals surface area contributed by atoms with Gasteiger partial charge in [-0.05, 0) is 44.0 Å². The molecular weight excluding hydrogens is 250 g/mol. The molecule has 2 rings (SSSR count). The van der Waals surface area contributed by atoms with Gasteiger partial charge in [0, 0.05) is 24.2 Å². The fourth-order valence-corrected chi connectivity index (χ4v) is 2.13. The highest BCUT2D eigenvalue weighted by molar-refractivity contribution is 5.48. The van der Waals surface area contributed by atoms with Crippen molar-refractivity contribution in [2.75, 3.05) is 12.3 Å². The van der Waals surface area contributed by atoms with Gasteiger partial charge in [0.2, 0.25) is 0 Å². The van der Waals surface area contributed by atoms with Crippen LogP contribution in [-0.4, -0.2) is 21.5 Å². The van der Waals surface area contributed by atoms with Gasteiger partial charge in [0.15, 0.2) is 0 Å². The number of nitrogens with zero attached hydrogens (tertiary/aromatic N) is 3. The molecular formula is C15H21N5. The summed E-state index contributed by atoms with van der Waals surface area (Å²) in [6.07, 6.45) is 6.40. The lowest BCUT2D eigenvalue weighted by molar-refractivity contribution is 0.569. The Morgan fingerprint density at radius 3 is 2.50 bits per heavy atom. The van der Waals surface area contributed by atoms with Crippen molar-refractivity contribution in [3.8, 4) is 0 Å². The maximum atomic E-state index is 6.05. The first-order chi connectivity index (χ1) is 9.63. The lowest BCUT2D eigenvalue weighted by atomic mass is 10.0. The van der Waals surface area contributed by atoms with Crippen molar-refractivity contribution < 1.29 is 0 Å². The third-order valence-corrected chi connectivity index (χ3v) is 3.19. The average molecular weight is 271 g/mol. The van der Waals surface area contributed by atoms with E-state index in [9.17, 15) is 0 Å². The normalized spacial score (nSPS) is 12.3. The number of nitrogens with two attached hydrogens (primary N) is 1. The predicted molar refractivity (Wildman–Crippen MR) is 80.3 cm³/mol. The maximum Gasteiger partial charge on any atom is 0.149 e. The third-order valence-electron chi connectivity index (χ3n) is 3.19. The van der Waals surface area contributed by atoms with Crippen molar-refractivity contribution in [3.05, 3.63) is 47.2 Å². The summed E-state index contributed by atoms with van der Waals surface area (Å²) in [6, 6.07) is 1.84. The topological polar surface area (TPSA) is 76.7 Å². The second-order valence-corrected chi connectivity index (χ2v) is 4.93. The van der Waals surface area contributed by atoms with Gasteiger partial charge in [-0.1, -0.05) is 6.92 Å². The van der Waals surface area contributed by atoms with E-state index >= 15 is 0 Å². The van der Waals surface area contributed by atoms with Gasteiger partial charge in [-0.25, -0.2) is 15.0 Å². The highest BCUT2D eigenvalue weighted by Gasteiger charge is 2.21. The van der Waals surface area contributed by atoms with Crippen LogP contribution in [-0.2, 0) is 0 Å². The molecule has 0 aliphatic carbocycles. The maximum absolute atomic E-state index is 6.05. The molecule has 0 fully saturated rings. The Hall–Kier alpha value is -2.01. The lowest BCUT2D eigenvalue weighted by Gasteiger charge is -2.20. The van der Waals surface area contributed by atoms with E-state index in [0.29, 0.717) is 5.82 Å². The van der Waals surface area contributed by atoms with Crippen LogP contribution in [0.15, 0.2) is 24.7 Å². The molecule has 5 nitrogen and oxygen atoms in total. The van der Waals surface area contributed by atoms with E-state index in [0.717, 1.165) is 35.5 Å². The van der Waals surface area contributed by atoms with Crippen LogP contribution in [0.1, 0.15) is 41.9 Å². The molecule has 0 bridgehead atoms. The number of aromatic nitrogens is 3. The predicted octanol–water partition coefficient (Wildman–Crippen LogP) is 2.16. The second kappa shape index (κ2) is 6.43. The minimum absolute atomic E-state index is 0.121. The summed E-state index contributed by atoms with van der Waals surface area (Å²) in [6.45, 7) is 7.00. The molecule has 0 saturated heterocycles. The van der Waals surface area contributed by atoms with Gasteiger partial charge in [-0.15, -0.1) is 0 Å². The molecule has 106 valence electrons. The first-order valence-electron chi connectivity index (χ1n) is 6.86. The van der Waals surface area contributed by atoms with Crippen LogP contribution in [0.2, 0.25) is 0 Å². The van der Waals surface area contributed by atoms with Crippen LogP contribution in [0.3, 0.4) is 0 Å². The number of anilines is 1. The van der Waals surface area contributed by atoms with Gasteiger partial charge in [0.25, 0.3) is 0 Å². The summed E-state index contributed by atoms with van der Waals surface area (Å²) in [5.41, 5.74) is 9.15. The number of hydrogen-bond acceptors (Lipinski definition) is 5. The number of rotatable bonds is 5. The molecule has 0 radical (unpaired) electrons. The summed E-state index contributed by atoms with van der Waals surface area (Å²) in [7, 11) is 0. The number of nitrogen functional groups attached to an aromatic ring is 1. The summed E-state index contributed by atoms with van der Waals surface area (Å²) in [5, 5.41) is 3.46. The fourth-order valence-electron chi connectivity index (χ4n) is 2.13. The fraction of sp³-hybridized carbons (Fsp3) is 0.400. The van der Waals surface area contributed by atoms with Crippen molar-refractivity contribution in [1.82, 2.24) is 20.3 Å². The Labute approximate surface area is 119 Å². The quantitative estimate of drug-likeness (QED) is 0.871. The van der Waals surface area contributed by atoms with Gasteiger partial charge in [0.05, 0.1) is 6.04 Å². The Balaban J connectivity index is 2.44. The Bertz CT molecular complexity index is 545. The molecule has 0 amide bonds. The molecule has 1 unspecified atom stereocenters. The summed E-state index contributed by atoms with van der Waals surface area (Å²) >= 11 is 0. The van der Waals surface area contributed by atoms with Crippen molar-refractivity contribution in [2.45, 2.75) is 33.2 Å². The molecule has 3 N–H and O–H groups in total. The number of nitrogens with one attached hydrogen (secondary N) is 1. The van der Waals surface area contributed by atoms with Crippen molar-refractivity contribution >= 4 is 5.82 Å². The van der Waals surface area contributed by atoms with Gasteiger partial charge in [-0.2, -0.15) is 0 Å². The van der Waals surface area contributed by atoms with E-state index in [2.05, 4.69) is 27.2 Å². The van der Waals surface area contributed by atoms with Crippen LogP contribution >= 0.6 is 0 Å². The molecule has 20 heavy (non-hydrogen) atoms. The largest absolute Gasteiger partial charge is 0.383 e. The number of aryl methyl sites for hydroxylation is 2. The van der Waals surface area contributed by atoms with Gasteiger partial charge in [0.1, 0.15) is 11.6 Å². The van der Waals surface area contributed by atoms with Crippen LogP contribution in [0, 0.1) is 13.8 Å². The molecule has 2 aromatic heterocycles. The van der Waals surface area contributed by atoms with Crippen LogP contribution in [0.25, 0.3) is 0 Å². The molecule has 2 aromatic rings. The lowest BCUT2D eigenvalue weighted by Crippen LogP contribution is -2.27. The van der Waals surface area contributed by atoms with Crippen molar-refractivity contribution in [3.63, 3.8) is 0 Å². The Morgan fingerprint density at radius 2 is 1.90 bits per heavy atom.